The highest BCUT2D eigenvalue weighted by atomic mass is 16.5. The number of rotatable bonds is 5. The molecule has 0 aliphatic carbocycles. The predicted octanol–water partition coefficient (Wildman–Crippen LogP) is 0.155. The van der Waals surface area contributed by atoms with Gasteiger partial charge >= 0.3 is 11.7 Å². The Kier molecular flexibility index (Phi) is 3.83. The minimum absolute atomic E-state index is 0.135. The smallest absolute Gasteiger partial charge is 0.358 e. The standard InChI is InChI=1S/C12H13N3O5/c1-2-4-14-5-3-10(16)15(12(14)19)7-8-6-9(11(17)18)13-20-8/h3,5-6H,2,4,7H2,1H3,(H,17,18). The van der Waals surface area contributed by atoms with Crippen molar-refractivity contribution >= 4 is 5.97 Å². The van der Waals surface area contributed by atoms with Gasteiger partial charge in [-0.15, -0.1) is 0 Å². The van der Waals surface area contributed by atoms with Crippen LogP contribution in [0.4, 0.5) is 0 Å². The SMILES string of the molecule is CCCn1ccc(=O)n(Cc2cc(C(=O)O)no2)c1=O. The van der Waals surface area contributed by atoms with Crippen molar-refractivity contribution < 1.29 is 14.4 Å². The zero-order valence-electron chi connectivity index (χ0n) is 10.8. The van der Waals surface area contributed by atoms with E-state index < -0.39 is 17.2 Å². The summed E-state index contributed by atoms with van der Waals surface area (Å²) >= 11 is 0. The quantitative estimate of drug-likeness (QED) is 0.835. The molecule has 0 radical (unpaired) electrons. The lowest BCUT2D eigenvalue weighted by Crippen LogP contribution is -2.39. The van der Waals surface area contributed by atoms with Gasteiger partial charge in [-0.05, 0) is 6.42 Å². The second kappa shape index (κ2) is 5.55. The summed E-state index contributed by atoms with van der Waals surface area (Å²) < 4.78 is 7.19. The lowest BCUT2D eigenvalue weighted by atomic mass is 10.3. The van der Waals surface area contributed by atoms with Crippen molar-refractivity contribution in [1.29, 1.82) is 0 Å². The number of carbonyl (C=O) groups is 1. The molecule has 0 unspecified atom stereocenters. The number of carboxylic acids is 1. The van der Waals surface area contributed by atoms with Crippen LogP contribution in [-0.2, 0) is 13.1 Å². The van der Waals surface area contributed by atoms with Gasteiger partial charge in [-0.25, -0.2) is 9.59 Å². The molecule has 2 heterocycles. The first kappa shape index (κ1) is 13.8. The summed E-state index contributed by atoms with van der Waals surface area (Å²) in [5.74, 6) is -1.10. The van der Waals surface area contributed by atoms with Crippen LogP contribution in [0.15, 0.2) is 32.4 Å². The van der Waals surface area contributed by atoms with E-state index in [0.29, 0.717) is 6.54 Å². The van der Waals surface area contributed by atoms with Crippen LogP contribution in [0.2, 0.25) is 0 Å². The third kappa shape index (κ3) is 2.68. The monoisotopic (exact) mass is 279 g/mol. The van der Waals surface area contributed by atoms with E-state index in [1.165, 1.54) is 22.9 Å². The van der Waals surface area contributed by atoms with Crippen molar-refractivity contribution in [1.82, 2.24) is 14.3 Å². The fourth-order valence-corrected chi connectivity index (χ4v) is 1.76. The molecule has 0 saturated heterocycles. The molecule has 1 N–H and O–H groups in total. The van der Waals surface area contributed by atoms with Crippen molar-refractivity contribution in [3.05, 3.63) is 50.6 Å². The summed E-state index contributed by atoms with van der Waals surface area (Å²) in [6.45, 7) is 2.26. The number of carboxylic acid groups (broad SMARTS) is 1. The Balaban J connectivity index is 2.37. The van der Waals surface area contributed by atoms with E-state index in [9.17, 15) is 14.4 Å². The summed E-state index contributed by atoms with van der Waals surface area (Å²) in [4.78, 5) is 34.5. The third-order valence-corrected chi connectivity index (χ3v) is 2.70. The van der Waals surface area contributed by atoms with Crippen LogP contribution in [0.5, 0.6) is 0 Å². The van der Waals surface area contributed by atoms with Gasteiger partial charge < -0.3 is 14.2 Å². The van der Waals surface area contributed by atoms with Crippen LogP contribution in [0, 0.1) is 0 Å². The van der Waals surface area contributed by atoms with Gasteiger partial charge in [0.2, 0.25) is 0 Å². The van der Waals surface area contributed by atoms with Gasteiger partial charge in [0.05, 0.1) is 6.54 Å². The van der Waals surface area contributed by atoms with E-state index in [4.69, 9.17) is 9.63 Å². The zero-order chi connectivity index (χ0) is 14.7. The Hall–Kier alpha value is -2.64. The van der Waals surface area contributed by atoms with Gasteiger partial charge in [0.1, 0.15) is 0 Å². The van der Waals surface area contributed by atoms with Gasteiger partial charge in [0, 0.05) is 24.9 Å². The molecule has 0 spiro atoms. The van der Waals surface area contributed by atoms with Crippen molar-refractivity contribution in [3.8, 4) is 0 Å². The topological polar surface area (TPSA) is 107 Å². The van der Waals surface area contributed by atoms with E-state index in [2.05, 4.69) is 5.16 Å². The molecule has 0 fully saturated rings. The Labute approximate surface area is 112 Å². The molecule has 2 aromatic rings. The first-order chi connectivity index (χ1) is 9.52. The van der Waals surface area contributed by atoms with E-state index in [1.807, 2.05) is 6.92 Å². The van der Waals surface area contributed by atoms with Crippen LogP contribution in [0.25, 0.3) is 0 Å². The van der Waals surface area contributed by atoms with Gasteiger partial charge in [-0.2, -0.15) is 0 Å². The van der Waals surface area contributed by atoms with Gasteiger partial charge in [0.15, 0.2) is 11.5 Å². The average Bonchev–Trinajstić information content (AvgIpc) is 2.87. The fraction of sp³-hybridized carbons (Fsp3) is 0.333. The number of nitrogens with zero attached hydrogens (tertiary/aromatic N) is 3. The maximum Gasteiger partial charge on any atom is 0.358 e. The molecule has 2 rings (SSSR count). The Bertz CT molecular complexity index is 740. The number of aromatic carboxylic acids is 1. The molecular formula is C12H13N3O5. The largest absolute Gasteiger partial charge is 0.476 e. The number of aromatic nitrogens is 3. The van der Waals surface area contributed by atoms with Crippen molar-refractivity contribution in [2.75, 3.05) is 0 Å². The highest BCUT2D eigenvalue weighted by Crippen LogP contribution is 2.04. The molecule has 0 aromatic carbocycles. The molecule has 8 nitrogen and oxygen atoms in total. The average molecular weight is 279 g/mol. The minimum Gasteiger partial charge on any atom is -0.476 e. The van der Waals surface area contributed by atoms with Gasteiger partial charge in [0.25, 0.3) is 5.56 Å². The van der Waals surface area contributed by atoms with E-state index >= 15 is 0 Å². The van der Waals surface area contributed by atoms with Crippen LogP contribution in [0.3, 0.4) is 0 Å². The first-order valence-electron chi connectivity index (χ1n) is 6.02. The number of aryl methyl sites for hydroxylation is 1. The highest BCUT2D eigenvalue weighted by Gasteiger charge is 2.13. The van der Waals surface area contributed by atoms with Crippen LogP contribution >= 0.6 is 0 Å². The minimum atomic E-state index is -1.23. The molecule has 0 aliphatic heterocycles. The summed E-state index contributed by atoms with van der Waals surface area (Å²) in [5.41, 5.74) is -1.21. The number of hydrogen-bond donors (Lipinski definition) is 1. The van der Waals surface area contributed by atoms with E-state index in [0.717, 1.165) is 11.0 Å². The Morgan fingerprint density at radius 1 is 1.45 bits per heavy atom. The second-order valence-electron chi connectivity index (χ2n) is 4.20. The summed E-state index contributed by atoms with van der Waals surface area (Å²) in [5, 5.41) is 12.1. The molecule has 0 atom stereocenters. The summed E-state index contributed by atoms with van der Waals surface area (Å²) in [6.07, 6.45) is 2.19. The normalized spacial score (nSPS) is 10.7. The second-order valence-corrected chi connectivity index (χ2v) is 4.20. The molecule has 106 valence electrons. The van der Waals surface area contributed by atoms with Crippen molar-refractivity contribution in [2.24, 2.45) is 0 Å². The maximum atomic E-state index is 12.1. The lowest BCUT2D eigenvalue weighted by Gasteiger charge is -2.07. The van der Waals surface area contributed by atoms with Crippen LogP contribution < -0.4 is 11.2 Å². The molecule has 8 heteroatoms. The van der Waals surface area contributed by atoms with Crippen LogP contribution in [0.1, 0.15) is 29.6 Å². The highest BCUT2D eigenvalue weighted by molar-refractivity contribution is 5.85. The molecule has 20 heavy (non-hydrogen) atoms. The Morgan fingerprint density at radius 3 is 2.80 bits per heavy atom. The van der Waals surface area contributed by atoms with Crippen LogP contribution in [-0.4, -0.2) is 25.4 Å². The van der Waals surface area contributed by atoms with Gasteiger partial charge in [-0.1, -0.05) is 12.1 Å². The third-order valence-electron chi connectivity index (χ3n) is 2.70. The summed E-state index contributed by atoms with van der Waals surface area (Å²) in [6, 6.07) is 2.47. The van der Waals surface area contributed by atoms with Crippen molar-refractivity contribution in [2.45, 2.75) is 26.4 Å². The van der Waals surface area contributed by atoms with E-state index in [-0.39, 0.29) is 18.0 Å². The first-order valence-corrected chi connectivity index (χ1v) is 6.02. The summed E-state index contributed by atoms with van der Waals surface area (Å²) in [7, 11) is 0. The predicted molar refractivity (Wildman–Crippen MR) is 67.8 cm³/mol. The van der Waals surface area contributed by atoms with Gasteiger partial charge in [-0.3, -0.25) is 9.36 Å². The molecule has 0 aliphatic rings. The van der Waals surface area contributed by atoms with E-state index in [1.54, 1.807) is 0 Å². The maximum absolute atomic E-state index is 12.1. The molecule has 0 bridgehead atoms. The van der Waals surface area contributed by atoms with Crippen molar-refractivity contribution in [3.63, 3.8) is 0 Å². The molecule has 0 saturated carbocycles. The molecule has 0 amide bonds. The fourth-order valence-electron chi connectivity index (χ4n) is 1.76. The zero-order valence-corrected chi connectivity index (χ0v) is 10.8. The molecular weight excluding hydrogens is 266 g/mol. The number of hydrogen-bond acceptors (Lipinski definition) is 5. The Morgan fingerprint density at radius 2 is 2.20 bits per heavy atom. The molecule has 2 aromatic heterocycles. The lowest BCUT2D eigenvalue weighted by molar-refractivity contribution is 0.0685.